The van der Waals surface area contributed by atoms with Gasteiger partial charge in [0.25, 0.3) is 0 Å². The smallest absolute Gasteiger partial charge is 0.155 e. The summed E-state index contributed by atoms with van der Waals surface area (Å²) < 4.78 is 10.4. The predicted molar refractivity (Wildman–Crippen MR) is 64.5 cm³/mol. The van der Waals surface area contributed by atoms with Gasteiger partial charge >= 0.3 is 0 Å². The van der Waals surface area contributed by atoms with Gasteiger partial charge in [0.1, 0.15) is 35.3 Å². The summed E-state index contributed by atoms with van der Waals surface area (Å²) in [6.45, 7) is 0. The summed E-state index contributed by atoms with van der Waals surface area (Å²) in [4.78, 5) is 0. The lowest BCUT2D eigenvalue weighted by Crippen LogP contribution is -1.92. The van der Waals surface area contributed by atoms with Crippen molar-refractivity contribution >= 4 is 5.69 Å². The molecule has 1 heterocycles. The lowest BCUT2D eigenvalue weighted by Gasteiger charge is -2.06. The number of hydrogen-bond acceptors (Lipinski definition) is 5. The van der Waals surface area contributed by atoms with Crippen molar-refractivity contribution in [2.45, 2.75) is 0 Å². The molecule has 0 amide bonds. The third-order valence-corrected chi connectivity index (χ3v) is 2.53. The maximum atomic E-state index is 9.06. The molecule has 88 valence electrons. The minimum absolute atomic E-state index is 0.178. The molecule has 0 aliphatic rings. The molecule has 0 bridgehead atoms. The van der Waals surface area contributed by atoms with Crippen molar-refractivity contribution in [2.75, 3.05) is 12.8 Å². The van der Waals surface area contributed by atoms with Crippen molar-refractivity contribution in [3.05, 3.63) is 35.6 Å². The number of nitrogens with two attached hydrogens (primary N) is 1. The Morgan fingerprint density at radius 3 is 2.67 bits per heavy atom. The fraction of sp³-hybridized carbons (Fsp3) is 0.0769. The van der Waals surface area contributed by atoms with E-state index in [-0.39, 0.29) is 16.9 Å². The van der Waals surface area contributed by atoms with E-state index in [4.69, 9.17) is 25.4 Å². The first-order valence-electron chi connectivity index (χ1n) is 5.06. The second-order valence-electron chi connectivity index (χ2n) is 3.53. The molecule has 0 aliphatic carbocycles. The highest BCUT2D eigenvalue weighted by Gasteiger charge is 2.17. The number of rotatable bonds is 2. The van der Waals surface area contributed by atoms with Crippen molar-refractivity contribution < 1.29 is 9.15 Å². The van der Waals surface area contributed by atoms with E-state index >= 15 is 0 Å². The maximum absolute atomic E-state index is 9.06. The summed E-state index contributed by atoms with van der Waals surface area (Å²) in [7, 11) is 1.53. The number of furan rings is 1. The first kappa shape index (κ1) is 11.6. The molecule has 5 nitrogen and oxygen atoms in total. The third kappa shape index (κ3) is 1.74. The maximum Gasteiger partial charge on any atom is 0.155 e. The van der Waals surface area contributed by atoms with Gasteiger partial charge in [0.2, 0.25) is 0 Å². The summed E-state index contributed by atoms with van der Waals surface area (Å²) in [5.41, 5.74) is 7.20. The van der Waals surface area contributed by atoms with Gasteiger partial charge in [-0.05, 0) is 18.2 Å². The van der Waals surface area contributed by atoms with Crippen LogP contribution in [-0.2, 0) is 0 Å². The highest BCUT2D eigenvalue weighted by molar-refractivity contribution is 5.79. The van der Waals surface area contributed by atoms with Crippen LogP contribution in [0.5, 0.6) is 5.75 Å². The third-order valence-electron chi connectivity index (χ3n) is 2.53. The summed E-state index contributed by atoms with van der Waals surface area (Å²) >= 11 is 0. The fourth-order valence-electron chi connectivity index (χ4n) is 1.61. The zero-order valence-electron chi connectivity index (χ0n) is 9.60. The predicted octanol–water partition coefficient (Wildman–Crippen LogP) is 2.28. The number of hydrogen-bond donors (Lipinski definition) is 1. The van der Waals surface area contributed by atoms with Crippen LogP contribution in [0.3, 0.4) is 0 Å². The van der Waals surface area contributed by atoms with Gasteiger partial charge in [0, 0.05) is 11.3 Å². The van der Waals surface area contributed by atoms with Crippen LogP contribution in [0.1, 0.15) is 11.1 Å². The molecule has 5 heteroatoms. The van der Waals surface area contributed by atoms with Crippen molar-refractivity contribution in [3.8, 4) is 29.2 Å². The fourth-order valence-corrected chi connectivity index (χ4v) is 1.61. The second kappa shape index (κ2) is 4.52. The summed E-state index contributed by atoms with van der Waals surface area (Å²) in [6, 6.07) is 8.87. The van der Waals surface area contributed by atoms with Gasteiger partial charge in [-0.15, -0.1) is 0 Å². The van der Waals surface area contributed by atoms with E-state index in [1.165, 1.54) is 13.4 Å². The molecule has 18 heavy (non-hydrogen) atoms. The van der Waals surface area contributed by atoms with Crippen LogP contribution < -0.4 is 10.5 Å². The summed E-state index contributed by atoms with van der Waals surface area (Å²) in [5.74, 6) is 0.878. The molecule has 2 aromatic rings. The molecule has 0 fully saturated rings. The van der Waals surface area contributed by atoms with Gasteiger partial charge in [-0.3, -0.25) is 0 Å². The largest absolute Gasteiger partial charge is 0.497 e. The van der Waals surface area contributed by atoms with Crippen LogP contribution in [0.2, 0.25) is 0 Å². The van der Waals surface area contributed by atoms with Crippen LogP contribution in [0.4, 0.5) is 5.69 Å². The Bertz CT molecular complexity index is 675. The van der Waals surface area contributed by atoms with Crippen molar-refractivity contribution in [2.24, 2.45) is 0 Å². The minimum atomic E-state index is 0.178. The summed E-state index contributed by atoms with van der Waals surface area (Å²) in [6.07, 6.45) is 1.24. The average Bonchev–Trinajstić information content (AvgIpc) is 2.82. The lowest BCUT2D eigenvalue weighted by molar-refractivity contribution is 0.415. The number of nitrogen functional groups attached to an aromatic ring is 1. The van der Waals surface area contributed by atoms with Gasteiger partial charge in [-0.25, -0.2) is 0 Å². The van der Waals surface area contributed by atoms with E-state index in [0.717, 1.165) is 0 Å². The highest BCUT2D eigenvalue weighted by atomic mass is 16.5. The lowest BCUT2D eigenvalue weighted by atomic mass is 10.0. The first-order valence-corrected chi connectivity index (χ1v) is 5.06. The van der Waals surface area contributed by atoms with Gasteiger partial charge in [0.15, 0.2) is 5.76 Å². The molecular formula is C13H9N3O2. The Balaban J connectivity index is 2.67. The van der Waals surface area contributed by atoms with E-state index in [1.54, 1.807) is 18.2 Å². The number of ether oxygens (including phenoxy) is 1. The molecule has 1 aromatic heterocycles. The minimum Gasteiger partial charge on any atom is -0.497 e. The summed E-state index contributed by atoms with van der Waals surface area (Å²) in [5, 5.41) is 17.9. The Morgan fingerprint density at radius 1 is 1.28 bits per heavy atom. The van der Waals surface area contributed by atoms with Crippen LogP contribution >= 0.6 is 0 Å². The quantitative estimate of drug-likeness (QED) is 0.811. The number of nitrogens with zero attached hydrogens (tertiary/aromatic N) is 2. The van der Waals surface area contributed by atoms with Crippen molar-refractivity contribution in [3.63, 3.8) is 0 Å². The molecule has 0 spiro atoms. The van der Waals surface area contributed by atoms with Crippen molar-refractivity contribution in [1.82, 2.24) is 0 Å². The number of anilines is 1. The standard InChI is InChI=1S/C13H9N3O2/c1-17-9-2-3-12(16)10(4-9)13-11(6-15)8(5-14)7-18-13/h2-4,7H,16H2,1H3. The van der Waals surface area contributed by atoms with Crippen LogP contribution in [-0.4, -0.2) is 7.11 Å². The normalized spacial score (nSPS) is 9.50. The zero-order chi connectivity index (χ0) is 13.1. The monoisotopic (exact) mass is 239 g/mol. The average molecular weight is 239 g/mol. The topological polar surface area (TPSA) is 96.0 Å². The molecule has 0 saturated heterocycles. The molecule has 2 rings (SSSR count). The molecule has 0 saturated carbocycles. The van der Waals surface area contributed by atoms with Crippen LogP contribution in [0.15, 0.2) is 28.9 Å². The van der Waals surface area contributed by atoms with E-state index in [9.17, 15) is 0 Å². The molecule has 2 N–H and O–H groups in total. The van der Waals surface area contributed by atoms with E-state index in [0.29, 0.717) is 17.0 Å². The Kier molecular flexibility index (Phi) is 2.90. The molecule has 0 atom stereocenters. The number of benzene rings is 1. The highest BCUT2D eigenvalue weighted by Crippen LogP contribution is 2.34. The van der Waals surface area contributed by atoms with E-state index in [1.807, 2.05) is 12.1 Å². The second-order valence-corrected chi connectivity index (χ2v) is 3.53. The van der Waals surface area contributed by atoms with Gasteiger partial charge in [0.05, 0.1) is 7.11 Å². The van der Waals surface area contributed by atoms with Gasteiger partial charge in [-0.1, -0.05) is 0 Å². The first-order chi connectivity index (χ1) is 8.71. The molecule has 1 aromatic carbocycles. The van der Waals surface area contributed by atoms with E-state index < -0.39 is 0 Å². The Labute approximate surface area is 104 Å². The molecular weight excluding hydrogens is 230 g/mol. The van der Waals surface area contributed by atoms with E-state index in [2.05, 4.69) is 0 Å². The van der Waals surface area contributed by atoms with Crippen LogP contribution in [0, 0.1) is 22.7 Å². The Hall–Kier alpha value is -2.92. The van der Waals surface area contributed by atoms with Gasteiger partial charge < -0.3 is 14.9 Å². The molecule has 0 unspecified atom stereocenters. The number of methoxy groups -OCH3 is 1. The number of nitriles is 2. The van der Waals surface area contributed by atoms with Crippen molar-refractivity contribution in [1.29, 1.82) is 10.5 Å². The SMILES string of the molecule is COc1ccc(N)c(-c2occ(C#N)c2C#N)c1. The zero-order valence-corrected chi connectivity index (χ0v) is 9.60. The van der Waals surface area contributed by atoms with Crippen LogP contribution in [0.25, 0.3) is 11.3 Å². The Morgan fingerprint density at radius 2 is 2.06 bits per heavy atom. The van der Waals surface area contributed by atoms with Gasteiger partial charge in [-0.2, -0.15) is 10.5 Å². The molecule has 0 aliphatic heterocycles. The molecule has 0 radical (unpaired) electrons.